The number of aliphatic hydroxyl groups is 1. The van der Waals surface area contributed by atoms with E-state index in [0.29, 0.717) is 13.2 Å². The van der Waals surface area contributed by atoms with Crippen molar-refractivity contribution >= 4 is 0 Å². The van der Waals surface area contributed by atoms with Crippen molar-refractivity contribution in [1.29, 1.82) is 0 Å². The number of likely N-dealkylation sites (N-methyl/N-ethyl adjacent to an activating group) is 1. The minimum absolute atomic E-state index is 0.289. The SMILES string of the molecule is CNCC(O)COc1cccc(COC)c1. The Labute approximate surface area is 96.2 Å². The molecule has 2 N–H and O–H groups in total. The second kappa shape index (κ2) is 7.22. The van der Waals surface area contributed by atoms with Gasteiger partial charge in [-0.3, -0.25) is 0 Å². The van der Waals surface area contributed by atoms with Gasteiger partial charge in [0, 0.05) is 13.7 Å². The quantitative estimate of drug-likeness (QED) is 0.720. The lowest BCUT2D eigenvalue weighted by Crippen LogP contribution is -2.29. The van der Waals surface area contributed by atoms with Gasteiger partial charge in [-0.1, -0.05) is 12.1 Å². The van der Waals surface area contributed by atoms with E-state index in [1.165, 1.54) is 0 Å². The van der Waals surface area contributed by atoms with Crippen molar-refractivity contribution in [2.75, 3.05) is 27.3 Å². The highest BCUT2D eigenvalue weighted by Gasteiger charge is 2.03. The molecule has 4 nitrogen and oxygen atoms in total. The van der Waals surface area contributed by atoms with E-state index >= 15 is 0 Å². The van der Waals surface area contributed by atoms with Crippen LogP contribution in [0.3, 0.4) is 0 Å². The number of ether oxygens (including phenoxy) is 2. The number of nitrogens with one attached hydrogen (secondary N) is 1. The van der Waals surface area contributed by atoms with Gasteiger partial charge in [0.1, 0.15) is 18.5 Å². The summed E-state index contributed by atoms with van der Waals surface area (Å²) in [6.07, 6.45) is -0.490. The molecule has 1 aromatic carbocycles. The van der Waals surface area contributed by atoms with E-state index < -0.39 is 6.10 Å². The minimum atomic E-state index is -0.490. The lowest BCUT2D eigenvalue weighted by atomic mass is 10.2. The highest BCUT2D eigenvalue weighted by molar-refractivity contribution is 5.28. The van der Waals surface area contributed by atoms with Crippen LogP contribution >= 0.6 is 0 Å². The van der Waals surface area contributed by atoms with E-state index in [0.717, 1.165) is 11.3 Å². The van der Waals surface area contributed by atoms with Crippen molar-refractivity contribution in [3.63, 3.8) is 0 Å². The fourth-order valence-electron chi connectivity index (χ4n) is 1.38. The van der Waals surface area contributed by atoms with Crippen molar-refractivity contribution in [1.82, 2.24) is 5.32 Å². The van der Waals surface area contributed by atoms with Gasteiger partial charge in [-0.2, -0.15) is 0 Å². The first-order chi connectivity index (χ1) is 7.76. The van der Waals surface area contributed by atoms with Crippen LogP contribution in [0.1, 0.15) is 5.56 Å². The molecule has 16 heavy (non-hydrogen) atoms. The molecule has 0 aromatic heterocycles. The summed E-state index contributed by atoms with van der Waals surface area (Å²) < 4.78 is 10.5. The minimum Gasteiger partial charge on any atom is -0.491 e. The third-order valence-corrected chi connectivity index (χ3v) is 2.09. The standard InChI is InChI=1S/C12H19NO3/c1-13-7-11(14)9-16-12-5-3-4-10(6-12)8-15-2/h3-6,11,13-14H,7-9H2,1-2H3. The predicted octanol–water partition coefficient (Wildman–Crippen LogP) is 0.792. The number of benzene rings is 1. The summed E-state index contributed by atoms with van der Waals surface area (Å²) in [6, 6.07) is 7.66. The fraction of sp³-hybridized carbons (Fsp3) is 0.500. The molecule has 0 radical (unpaired) electrons. The van der Waals surface area contributed by atoms with Crippen LogP contribution in [0, 0.1) is 0 Å². The molecule has 1 atom stereocenters. The normalized spacial score (nSPS) is 12.4. The molecular weight excluding hydrogens is 206 g/mol. The van der Waals surface area contributed by atoms with Crippen LogP contribution in [-0.4, -0.2) is 38.5 Å². The zero-order chi connectivity index (χ0) is 11.8. The Morgan fingerprint density at radius 3 is 2.94 bits per heavy atom. The molecule has 1 rings (SSSR count). The van der Waals surface area contributed by atoms with E-state index in [2.05, 4.69) is 5.32 Å². The third kappa shape index (κ3) is 4.61. The van der Waals surface area contributed by atoms with Crippen molar-refractivity contribution in [3.05, 3.63) is 29.8 Å². The van der Waals surface area contributed by atoms with Crippen molar-refractivity contribution < 1.29 is 14.6 Å². The average Bonchev–Trinajstić information content (AvgIpc) is 2.28. The average molecular weight is 225 g/mol. The zero-order valence-electron chi connectivity index (χ0n) is 9.77. The highest BCUT2D eigenvalue weighted by Crippen LogP contribution is 2.14. The number of rotatable bonds is 7. The van der Waals surface area contributed by atoms with Gasteiger partial charge in [0.05, 0.1) is 6.61 Å². The first kappa shape index (κ1) is 13.0. The first-order valence-electron chi connectivity index (χ1n) is 5.29. The van der Waals surface area contributed by atoms with Crippen LogP contribution in [0.2, 0.25) is 0 Å². The zero-order valence-corrected chi connectivity index (χ0v) is 9.77. The van der Waals surface area contributed by atoms with Crippen molar-refractivity contribution in [2.24, 2.45) is 0 Å². The molecule has 0 saturated carbocycles. The van der Waals surface area contributed by atoms with Crippen molar-refractivity contribution in [3.8, 4) is 5.75 Å². The van der Waals surface area contributed by atoms with Gasteiger partial charge < -0.3 is 19.9 Å². The van der Waals surface area contributed by atoms with Gasteiger partial charge in [0.15, 0.2) is 0 Å². The Bertz CT molecular complexity index is 304. The van der Waals surface area contributed by atoms with Gasteiger partial charge >= 0.3 is 0 Å². The van der Waals surface area contributed by atoms with Gasteiger partial charge in [-0.05, 0) is 24.7 Å². The van der Waals surface area contributed by atoms with E-state index in [9.17, 15) is 5.11 Å². The van der Waals surface area contributed by atoms with E-state index in [4.69, 9.17) is 9.47 Å². The van der Waals surface area contributed by atoms with Crippen LogP contribution in [0.25, 0.3) is 0 Å². The molecule has 0 spiro atoms. The maximum atomic E-state index is 9.47. The largest absolute Gasteiger partial charge is 0.491 e. The van der Waals surface area contributed by atoms with E-state index in [1.807, 2.05) is 24.3 Å². The molecule has 4 heteroatoms. The number of hydrogen-bond acceptors (Lipinski definition) is 4. The summed E-state index contributed by atoms with van der Waals surface area (Å²) >= 11 is 0. The summed E-state index contributed by atoms with van der Waals surface area (Å²) in [5.74, 6) is 0.754. The molecule has 0 aliphatic rings. The molecule has 0 aliphatic heterocycles. The topological polar surface area (TPSA) is 50.7 Å². The lowest BCUT2D eigenvalue weighted by molar-refractivity contribution is 0.108. The van der Waals surface area contributed by atoms with Crippen LogP contribution < -0.4 is 10.1 Å². The summed E-state index contributed by atoms with van der Waals surface area (Å²) in [5.41, 5.74) is 1.06. The van der Waals surface area contributed by atoms with Crippen molar-refractivity contribution in [2.45, 2.75) is 12.7 Å². The second-order valence-corrected chi connectivity index (χ2v) is 3.60. The van der Waals surface area contributed by atoms with E-state index in [-0.39, 0.29) is 6.61 Å². The molecule has 90 valence electrons. The molecule has 0 aliphatic carbocycles. The smallest absolute Gasteiger partial charge is 0.119 e. The van der Waals surface area contributed by atoms with Gasteiger partial charge in [-0.15, -0.1) is 0 Å². The number of hydrogen-bond donors (Lipinski definition) is 2. The monoisotopic (exact) mass is 225 g/mol. The predicted molar refractivity (Wildman–Crippen MR) is 62.6 cm³/mol. The maximum Gasteiger partial charge on any atom is 0.119 e. The maximum absolute atomic E-state index is 9.47. The molecule has 1 unspecified atom stereocenters. The molecule has 0 heterocycles. The molecule has 0 saturated heterocycles. The molecule has 0 amide bonds. The van der Waals surface area contributed by atoms with Crippen LogP contribution in [-0.2, 0) is 11.3 Å². The summed E-state index contributed by atoms with van der Waals surface area (Å²) in [5, 5.41) is 12.4. The van der Waals surface area contributed by atoms with Gasteiger partial charge in [-0.25, -0.2) is 0 Å². The fourth-order valence-corrected chi connectivity index (χ4v) is 1.38. The number of methoxy groups -OCH3 is 1. The molecule has 0 bridgehead atoms. The van der Waals surface area contributed by atoms with Crippen LogP contribution in [0.15, 0.2) is 24.3 Å². The Morgan fingerprint density at radius 2 is 2.25 bits per heavy atom. The molecular formula is C12H19NO3. The first-order valence-corrected chi connectivity index (χ1v) is 5.29. The highest BCUT2D eigenvalue weighted by atomic mass is 16.5. The molecule has 0 fully saturated rings. The Kier molecular flexibility index (Phi) is 5.85. The van der Waals surface area contributed by atoms with Crippen LogP contribution in [0.5, 0.6) is 5.75 Å². The summed E-state index contributed by atoms with van der Waals surface area (Å²) in [6.45, 7) is 1.38. The number of aliphatic hydroxyl groups excluding tert-OH is 1. The Morgan fingerprint density at radius 1 is 1.44 bits per heavy atom. The van der Waals surface area contributed by atoms with Gasteiger partial charge in [0.25, 0.3) is 0 Å². The van der Waals surface area contributed by atoms with Gasteiger partial charge in [0.2, 0.25) is 0 Å². The Hall–Kier alpha value is -1.10. The summed E-state index contributed by atoms with van der Waals surface area (Å²) in [4.78, 5) is 0. The third-order valence-electron chi connectivity index (χ3n) is 2.09. The van der Waals surface area contributed by atoms with Crippen LogP contribution in [0.4, 0.5) is 0 Å². The summed E-state index contributed by atoms with van der Waals surface area (Å²) in [7, 11) is 3.45. The Balaban J connectivity index is 2.44. The lowest BCUT2D eigenvalue weighted by Gasteiger charge is -2.12. The molecule has 1 aromatic rings. The second-order valence-electron chi connectivity index (χ2n) is 3.60. The van der Waals surface area contributed by atoms with E-state index in [1.54, 1.807) is 14.2 Å².